The maximum atomic E-state index is 13.3. The van der Waals surface area contributed by atoms with Crippen LogP contribution < -0.4 is 0 Å². The molecule has 2 aromatic heterocycles. The van der Waals surface area contributed by atoms with Crippen LogP contribution in [0.3, 0.4) is 0 Å². The Hall–Kier alpha value is -3.62. The van der Waals surface area contributed by atoms with Gasteiger partial charge in [0.1, 0.15) is 0 Å². The molecule has 6 rings (SSSR count). The molecule has 0 bridgehead atoms. The predicted octanol–water partition coefficient (Wildman–Crippen LogP) is 4.75. The molecule has 4 aromatic rings. The van der Waals surface area contributed by atoms with E-state index in [1.54, 1.807) is 12.1 Å². The molecule has 0 saturated heterocycles. The van der Waals surface area contributed by atoms with Crippen LogP contribution in [0.2, 0.25) is 0 Å². The molecule has 32 heavy (non-hydrogen) atoms. The van der Waals surface area contributed by atoms with Gasteiger partial charge in [-0.2, -0.15) is 0 Å². The summed E-state index contributed by atoms with van der Waals surface area (Å²) in [5, 5.41) is 4.57. The monoisotopic (exact) mass is 458 g/mol. The quantitative estimate of drug-likeness (QED) is 0.407. The second-order valence-electron chi connectivity index (χ2n) is 7.74. The van der Waals surface area contributed by atoms with Gasteiger partial charge in [0.05, 0.1) is 11.1 Å². The Morgan fingerprint density at radius 1 is 0.594 bits per heavy atom. The van der Waals surface area contributed by atoms with E-state index in [9.17, 15) is 19.2 Å². The van der Waals surface area contributed by atoms with E-state index in [0.29, 0.717) is 44.2 Å². The zero-order valence-corrected chi connectivity index (χ0v) is 18.6. The number of hydrogen-bond donors (Lipinski definition) is 0. The number of rotatable bonds is 2. The van der Waals surface area contributed by atoms with Gasteiger partial charge in [-0.05, 0) is 35.0 Å². The number of hydrogen-bond acceptors (Lipinski definition) is 6. The van der Waals surface area contributed by atoms with Crippen LogP contribution in [-0.4, -0.2) is 47.5 Å². The van der Waals surface area contributed by atoms with Crippen molar-refractivity contribution in [1.82, 2.24) is 9.80 Å². The third-order valence-electron chi connectivity index (χ3n) is 6.09. The summed E-state index contributed by atoms with van der Waals surface area (Å²) < 4.78 is 0. The van der Waals surface area contributed by atoms with Crippen LogP contribution in [-0.2, 0) is 0 Å². The molecule has 0 fully saturated rings. The first-order valence-electron chi connectivity index (χ1n) is 9.80. The average molecular weight is 459 g/mol. The lowest BCUT2D eigenvalue weighted by Gasteiger charge is -2.32. The van der Waals surface area contributed by atoms with Crippen molar-refractivity contribution < 1.29 is 19.2 Å². The topological polar surface area (TPSA) is 74.8 Å². The molecule has 0 saturated carbocycles. The molecule has 2 aliphatic heterocycles. The summed E-state index contributed by atoms with van der Waals surface area (Å²) in [7, 11) is 2.92. The minimum Gasteiger partial charge on any atom is -0.277 e. The summed E-state index contributed by atoms with van der Waals surface area (Å²) in [5.74, 6) is -1.77. The van der Waals surface area contributed by atoms with Crippen molar-refractivity contribution in [1.29, 1.82) is 0 Å². The molecule has 8 heteroatoms. The van der Waals surface area contributed by atoms with Crippen LogP contribution in [0.25, 0.3) is 31.7 Å². The summed E-state index contributed by atoms with van der Waals surface area (Å²) >= 11 is 2.89. The fourth-order valence-electron chi connectivity index (χ4n) is 4.55. The van der Waals surface area contributed by atoms with Crippen molar-refractivity contribution in [2.45, 2.75) is 0 Å². The van der Waals surface area contributed by atoms with Gasteiger partial charge in [0.2, 0.25) is 0 Å². The Balaban J connectivity index is 1.89. The molecule has 4 heterocycles. The molecule has 6 nitrogen and oxygen atoms in total. The highest BCUT2D eigenvalue weighted by Gasteiger charge is 2.41. The lowest BCUT2D eigenvalue weighted by Crippen LogP contribution is -2.41. The number of carbonyl (C=O) groups excluding carboxylic acids is 4. The fraction of sp³-hybridized carbons (Fsp3) is 0.0833. The number of benzene rings is 2. The van der Waals surface area contributed by atoms with Crippen LogP contribution in [0.4, 0.5) is 0 Å². The first kappa shape index (κ1) is 19.1. The van der Waals surface area contributed by atoms with Crippen LogP contribution >= 0.6 is 22.7 Å². The molecule has 0 N–H and O–H groups in total. The van der Waals surface area contributed by atoms with E-state index < -0.39 is 23.6 Å². The zero-order chi connectivity index (χ0) is 22.3. The molecular weight excluding hydrogens is 444 g/mol. The predicted molar refractivity (Wildman–Crippen MR) is 123 cm³/mol. The highest BCUT2D eigenvalue weighted by atomic mass is 32.1. The molecule has 2 aliphatic rings. The minimum atomic E-state index is -0.444. The van der Waals surface area contributed by atoms with Crippen LogP contribution in [0.15, 0.2) is 47.2 Å². The van der Waals surface area contributed by atoms with E-state index in [1.807, 2.05) is 35.0 Å². The van der Waals surface area contributed by atoms with E-state index in [2.05, 4.69) is 0 Å². The molecule has 0 aliphatic carbocycles. The van der Waals surface area contributed by atoms with Crippen LogP contribution in [0, 0.1) is 0 Å². The van der Waals surface area contributed by atoms with Gasteiger partial charge in [-0.1, -0.05) is 12.1 Å². The molecule has 2 aromatic carbocycles. The standard InChI is InChI=1S/C24H14N2O4S2/c1-25-21(27)13-9-12(16-6-4-8-32-16)20-18-14(22(28)26(2)24(20)30)10-11(15-5-3-7-31-15)19(17(13)18)23(25)29/h3-10H,1-2H3. The molecule has 0 atom stereocenters. The molecule has 0 unspecified atom stereocenters. The summed E-state index contributed by atoms with van der Waals surface area (Å²) in [6.07, 6.45) is 0. The smallest absolute Gasteiger partial charge is 0.261 e. The maximum absolute atomic E-state index is 13.3. The van der Waals surface area contributed by atoms with E-state index in [-0.39, 0.29) is 0 Å². The van der Waals surface area contributed by atoms with Crippen molar-refractivity contribution in [2.24, 2.45) is 0 Å². The molecule has 0 spiro atoms. The fourth-order valence-corrected chi connectivity index (χ4v) is 6.05. The SMILES string of the molecule is CN1C(=O)c2cc(-c3cccs3)c3c4c(cc(-c5cccs5)c(c24)C1=O)C(=O)N(C)C3=O. The molecule has 156 valence electrons. The van der Waals surface area contributed by atoms with Crippen molar-refractivity contribution in [3.63, 3.8) is 0 Å². The van der Waals surface area contributed by atoms with Crippen molar-refractivity contribution in [3.05, 3.63) is 69.4 Å². The first-order chi connectivity index (χ1) is 15.4. The lowest BCUT2D eigenvalue weighted by atomic mass is 9.81. The van der Waals surface area contributed by atoms with Gasteiger partial charge < -0.3 is 0 Å². The highest BCUT2D eigenvalue weighted by molar-refractivity contribution is 7.14. The zero-order valence-electron chi connectivity index (χ0n) is 17.0. The number of nitrogens with zero attached hydrogens (tertiary/aromatic N) is 2. The number of amides is 4. The summed E-state index contributed by atoms with van der Waals surface area (Å²) in [6, 6.07) is 10.9. The number of imide groups is 2. The molecule has 4 amide bonds. The van der Waals surface area contributed by atoms with E-state index in [0.717, 1.165) is 19.6 Å². The number of carbonyl (C=O) groups is 4. The third kappa shape index (κ3) is 2.28. The summed E-state index contributed by atoms with van der Waals surface area (Å²) in [4.78, 5) is 56.9. The summed E-state index contributed by atoms with van der Waals surface area (Å²) in [5.41, 5.74) is 2.56. The minimum absolute atomic E-state index is 0.328. The third-order valence-corrected chi connectivity index (χ3v) is 7.89. The van der Waals surface area contributed by atoms with Crippen molar-refractivity contribution >= 4 is 57.1 Å². The van der Waals surface area contributed by atoms with Crippen LogP contribution in [0.5, 0.6) is 0 Å². The Morgan fingerprint density at radius 2 is 1.00 bits per heavy atom. The average Bonchev–Trinajstić information content (AvgIpc) is 3.52. The molecular formula is C24H14N2O4S2. The summed E-state index contributed by atoms with van der Waals surface area (Å²) in [6.45, 7) is 0. The van der Waals surface area contributed by atoms with Gasteiger partial charge in [-0.3, -0.25) is 29.0 Å². The van der Waals surface area contributed by atoms with Gasteiger partial charge in [-0.25, -0.2) is 0 Å². The Labute approximate surface area is 190 Å². The van der Waals surface area contributed by atoms with Gasteiger partial charge in [0, 0.05) is 56.9 Å². The van der Waals surface area contributed by atoms with Crippen molar-refractivity contribution in [3.8, 4) is 20.9 Å². The normalized spacial score (nSPS) is 15.3. The Morgan fingerprint density at radius 3 is 1.34 bits per heavy atom. The van der Waals surface area contributed by atoms with E-state index in [1.165, 1.54) is 36.8 Å². The maximum Gasteiger partial charge on any atom is 0.261 e. The largest absolute Gasteiger partial charge is 0.277 e. The van der Waals surface area contributed by atoms with Crippen LogP contribution in [0.1, 0.15) is 41.4 Å². The van der Waals surface area contributed by atoms with Gasteiger partial charge in [-0.15, -0.1) is 22.7 Å². The van der Waals surface area contributed by atoms with Crippen molar-refractivity contribution in [2.75, 3.05) is 14.1 Å². The van der Waals surface area contributed by atoms with E-state index >= 15 is 0 Å². The number of thiophene rings is 2. The highest BCUT2D eigenvalue weighted by Crippen LogP contribution is 2.46. The molecule has 0 radical (unpaired) electrons. The Bertz CT molecular complexity index is 1400. The Kier molecular flexibility index (Phi) is 3.84. The second-order valence-corrected chi connectivity index (χ2v) is 9.63. The van der Waals surface area contributed by atoms with E-state index in [4.69, 9.17) is 0 Å². The van der Waals surface area contributed by atoms with Gasteiger partial charge in [0.15, 0.2) is 0 Å². The lowest BCUT2D eigenvalue weighted by molar-refractivity contribution is 0.0630. The second kappa shape index (κ2) is 6.44. The van der Waals surface area contributed by atoms with Gasteiger partial charge in [0.25, 0.3) is 23.6 Å². The first-order valence-corrected chi connectivity index (χ1v) is 11.6. The van der Waals surface area contributed by atoms with Gasteiger partial charge >= 0.3 is 0 Å².